The molecular weight excluding hydrogens is 426 g/mol. The standard InChI is InChI=1S/C18H33N7O5S/c1-31-9-6-11(23-14(26)10-19)16(28)25-8-3-5-13(25)15(27)24-12(17(29)30)4-2-7-22-18(20)21/h11-13H,2-10,19H2,1H3,(H,23,26)(H,24,27)(H,29,30)(H4,20,21,22)/t11-,12-,13-/m0/s1. The number of guanidine groups is 1. The predicted molar refractivity (Wildman–Crippen MR) is 118 cm³/mol. The van der Waals surface area contributed by atoms with Gasteiger partial charge in [0.15, 0.2) is 5.96 Å². The van der Waals surface area contributed by atoms with Crippen LogP contribution < -0.4 is 27.8 Å². The summed E-state index contributed by atoms with van der Waals surface area (Å²) in [5.41, 5.74) is 15.8. The minimum Gasteiger partial charge on any atom is -0.480 e. The molecule has 13 heteroatoms. The Morgan fingerprint density at radius 1 is 1.19 bits per heavy atom. The first-order valence-electron chi connectivity index (χ1n) is 10.1. The van der Waals surface area contributed by atoms with Crippen LogP contribution in [0.5, 0.6) is 0 Å². The van der Waals surface area contributed by atoms with Crippen molar-refractivity contribution >= 4 is 41.4 Å². The highest BCUT2D eigenvalue weighted by atomic mass is 32.2. The van der Waals surface area contributed by atoms with Gasteiger partial charge in [-0.05, 0) is 44.1 Å². The number of nitrogens with one attached hydrogen (secondary N) is 2. The minimum atomic E-state index is -1.18. The average Bonchev–Trinajstić information content (AvgIpc) is 3.22. The van der Waals surface area contributed by atoms with Crippen LogP contribution in [0.1, 0.15) is 32.1 Å². The van der Waals surface area contributed by atoms with Gasteiger partial charge in [0.25, 0.3) is 0 Å². The van der Waals surface area contributed by atoms with E-state index in [0.717, 1.165) is 0 Å². The molecule has 176 valence electrons. The van der Waals surface area contributed by atoms with Crippen LogP contribution in [-0.2, 0) is 19.2 Å². The first kappa shape index (κ1) is 26.5. The van der Waals surface area contributed by atoms with Crippen LogP contribution >= 0.6 is 11.8 Å². The average molecular weight is 460 g/mol. The molecule has 0 saturated carbocycles. The van der Waals surface area contributed by atoms with Gasteiger partial charge in [-0.3, -0.25) is 19.4 Å². The summed E-state index contributed by atoms with van der Waals surface area (Å²) in [6.45, 7) is 0.356. The molecule has 0 aromatic rings. The maximum absolute atomic E-state index is 13.0. The molecule has 1 saturated heterocycles. The number of aliphatic imine (C=N–C) groups is 1. The fourth-order valence-electron chi connectivity index (χ4n) is 3.28. The van der Waals surface area contributed by atoms with Crippen molar-refractivity contribution in [2.75, 3.05) is 31.6 Å². The number of carboxylic acids is 1. The van der Waals surface area contributed by atoms with Crippen LogP contribution in [0, 0.1) is 0 Å². The number of thioether (sulfide) groups is 1. The molecule has 12 nitrogen and oxygen atoms in total. The number of carboxylic acid groups (broad SMARTS) is 1. The van der Waals surface area contributed by atoms with Crippen molar-refractivity contribution in [1.29, 1.82) is 0 Å². The molecule has 3 atom stereocenters. The van der Waals surface area contributed by atoms with Crippen molar-refractivity contribution in [3.8, 4) is 0 Å². The van der Waals surface area contributed by atoms with Gasteiger partial charge in [-0.2, -0.15) is 11.8 Å². The summed E-state index contributed by atoms with van der Waals surface area (Å²) in [5.74, 6) is -1.98. The molecule has 1 aliphatic heterocycles. The summed E-state index contributed by atoms with van der Waals surface area (Å²) < 4.78 is 0. The van der Waals surface area contributed by atoms with E-state index in [9.17, 15) is 24.3 Å². The van der Waals surface area contributed by atoms with Crippen molar-refractivity contribution in [2.24, 2.45) is 22.2 Å². The van der Waals surface area contributed by atoms with E-state index in [-0.39, 0.29) is 31.4 Å². The maximum Gasteiger partial charge on any atom is 0.326 e. The van der Waals surface area contributed by atoms with Crippen LogP contribution in [0.4, 0.5) is 0 Å². The third-order valence-electron chi connectivity index (χ3n) is 4.83. The Balaban J connectivity index is 2.80. The number of aliphatic carboxylic acids is 1. The monoisotopic (exact) mass is 459 g/mol. The Bertz CT molecular complexity index is 672. The summed E-state index contributed by atoms with van der Waals surface area (Å²) in [5, 5.41) is 14.5. The van der Waals surface area contributed by atoms with Crippen LogP contribution in [-0.4, -0.2) is 89.4 Å². The lowest BCUT2D eigenvalue weighted by Gasteiger charge is -2.29. The fourth-order valence-corrected chi connectivity index (χ4v) is 3.75. The van der Waals surface area contributed by atoms with Crippen molar-refractivity contribution < 1.29 is 24.3 Å². The first-order valence-corrected chi connectivity index (χ1v) is 11.5. The van der Waals surface area contributed by atoms with Gasteiger partial charge >= 0.3 is 5.97 Å². The normalized spacial score (nSPS) is 17.5. The second-order valence-corrected chi connectivity index (χ2v) is 8.13. The van der Waals surface area contributed by atoms with Crippen molar-refractivity contribution in [3.05, 3.63) is 0 Å². The van der Waals surface area contributed by atoms with Gasteiger partial charge in [0.2, 0.25) is 17.7 Å². The van der Waals surface area contributed by atoms with Crippen LogP contribution in [0.3, 0.4) is 0 Å². The van der Waals surface area contributed by atoms with Crippen molar-refractivity contribution in [2.45, 2.75) is 50.2 Å². The molecule has 0 unspecified atom stereocenters. The SMILES string of the molecule is CSCC[C@H](NC(=O)CN)C(=O)N1CCC[C@H]1C(=O)N[C@@H](CCCN=C(N)N)C(=O)O. The largest absolute Gasteiger partial charge is 0.480 e. The van der Waals surface area contributed by atoms with Gasteiger partial charge in [-0.25, -0.2) is 4.79 Å². The molecule has 0 spiro atoms. The highest BCUT2D eigenvalue weighted by Crippen LogP contribution is 2.20. The lowest BCUT2D eigenvalue weighted by Crippen LogP contribution is -2.55. The van der Waals surface area contributed by atoms with Crippen LogP contribution in [0.15, 0.2) is 4.99 Å². The van der Waals surface area contributed by atoms with Gasteiger partial charge < -0.3 is 37.8 Å². The van der Waals surface area contributed by atoms with Gasteiger partial charge in [0.1, 0.15) is 18.1 Å². The third-order valence-corrected chi connectivity index (χ3v) is 5.47. The molecule has 31 heavy (non-hydrogen) atoms. The smallest absolute Gasteiger partial charge is 0.326 e. The number of carbonyl (C=O) groups is 4. The number of rotatable bonds is 13. The quantitative estimate of drug-likeness (QED) is 0.100. The molecule has 9 N–H and O–H groups in total. The number of carbonyl (C=O) groups excluding carboxylic acids is 3. The number of nitrogens with zero attached hydrogens (tertiary/aromatic N) is 2. The second-order valence-electron chi connectivity index (χ2n) is 7.14. The zero-order valence-corrected chi connectivity index (χ0v) is 18.5. The Labute approximate surface area is 185 Å². The van der Waals surface area contributed by atoms with Crippen molar-refractivity contribution in [1.82, 2.24) is 15.5 Å². The van der Waals surface area contributed by atoms with E-state index in [0.29, 0.717) is 38.0 Å². The summed E-state index contributed by atoms with van der Waals surface area (Å²) >= 11 is 1.53. The van der Waals surface area contributed by atoms with E-state index in [1.165, 1.54) is 16.7 Å². The van der Waals surface area contributed by atoms with E-state index in [1.54, 1.807) is 0 Å². The lowest BCUT2D eigenvalue weighted by atomic mass is 10.1. The fraction of sp³-hybridized carbons (Fsp3) is 0.722. The lowest BCUT2D eigenvalue weighted by molar-refractivity contribution is -0.145. The molecule has 0 bridgehead atoms. The van der Waals surface area contributed by atoms with E-state index in [4.69, 9.17) is 17.2 Å². The molecule has 0 aliphatic carbocycles. The molecule has 0 aromatic heterocycles. The number of nitrogens with two attached hydrogens (primary N) is 3. The van der Waals surface area contributed by atoms with E-state index in [2.05, 4.69) is 15.6 Å². The van der Waals surface area contributed by atoms with Gasteiger partial charge in [0.05, 0.1) is 6.54 Å². The van der Waals surface area contributed by atoms with E-state index < -0.39 is 35.9 Å². The summed E-state index contributed by atoms with van der Waals surface area (Å²) in [6, 6.07) is -2.70. The molecule has 3 amide bonds. The molecule has 1 aliphatic rings. The summed E-state index contributed by atoms with van der Waals surface area (Å²) in [7, 11) is 0. The Hall–Kier alpha value is -2.54. The predicted octanol–water partition coefficient (Wildman–Crippen LogP) is -2.20. The molecule has 1 heterocycles. The van der Waals surface area contributed by atoms with E-state index >= 15 is 0 Å². The Morgan fingerprint density at radius 3 is 2.48 bits per heavy atom. The van der Waals surface area contributed by atoms with Crippen LogP contribution in [0.2, 0.25) is 0 Å². The summed E-state index contributed by atoms with van der Waals surface area (Å²) in [4.78, 5) is 54.3. The Kier molecular flexibility index (Phi) is 11.7. The Morgan fingerprint density at radius 2 is 1.90 bits per heavy atom. The molecule has 0 aromatic carbocycles. The highest BCUT2D eigenvalue weighted by Gasteiger charge is 2.38. The zero-order chi connectivity index (χ0) is 23.4. The van der Waals surface area contributed by atoms with E-state index in [1.807, 2.05) is 6.26 Å². The number of likely N-dealkylation sites (tertiary alicyclic amines) is 1. The molecular formula is C18H33N7O5S. The number of hydrogen-bond acceptors (Lipinski definition) is 7. The topological polar surface area (TPSA) is 206 Å². The molecule has 1 fully saturated rings. The highest BCUT2D eigenvalue weighted by molar-refractivity contribution is 7.98. The minimum absolute atomic E-state index is 0.0891. The number of hydrogen-bond donors (Lipinski definition) is 6. The zero-order valence-electron chi connectivity index (χ0n) is 17.7. The number of amides is 3. The van der Waals surface area contributed by atoms with Gasteiger partial charge in [-0.1, -0.05) is 0 Å². The maximum atomic E-state index is 13.0. The third kappa shape index (κ3) is 9.00. The molecule has 1 rings (SSSR count). The molecule has 0 radical (unpaired) electrons. The van der Waals surface area contributed by atoms with Crippen LogP contribution in [0.25, 0.3) is 0 Å². The van der Waals surface area contributed by atoms with Gasteiger partial charge in [0, 0.05) is 13.1 Å². The van der Waals surface area contributed by atoms with Crippen molar-refractivity contribution in [3.63, 3.8) is 0 Å². The summed E-state index contributed by atoms with van der Waals surface area (Å²) in [6.07, 6.45) is 3.81. The first-order chi connectivity index (χ1) is 14.7. The van der Waals surface area contributed by atoms with Gasteiger partial charge in [-0.15, -0.1) is 0 Å². The second kappa shape index (κ2) is 13.7.